The van der Waals surface area contributed by atoms with Crippen LogP contribution in [-0.4, -0.2) is 31.6 Å². The van der Waals surface area contributed by atoms with E-state index in [4.69, 9.17) is 9.47 Å². The van der Waals surface area contributed by atoms with E-state index in [1.54, 1.807) is 13.2 Å². The van der Waals surface area contributed by atoms with Crippen molar-refractivity contribution in [2.24, 2.45) is 0 Å². The van der Waals surface area contributed by atoms with E-state index in [0.29, 0.717) is 30.2 Å². The van der Waals surface area contributed by atoms with E-state index in [-0.39, 0.29) is 18.4 Å². The summed E-state index contributed by atoms with van der Waals surface area (Å²) in [6.45, 7) is 2.17. The number of para-hydroxylation sites is 3. The standard InChI is InChI=1S/C20H22N2O4/c1-3-16-20(24)22(15-9-5-7-11-18(15)26-16)13-19(23)21-12-14-8-4-6-10-17(14)25-2/h4-11,16H,3,12-13H2,1-2H3,(H,21,23)/t16-/m0/s1. The van der Waals surface area contributed by atoms with Crippen molar-refractivity contribution in [3.8, 4) is 11.5 Å². The molecule has 0 unspecified atom stereocenters. The van der Waals surface area contributed by atoms with Gasteiger partial charge in [0.1, 0.15) is 18.0 Å². The van der Waals surface area contributed by atoms with Gasteiger partial charge in [-0.25, -0.2) is 0 Å². The fourth-order valence-corrected chi connectivity index (χ4v) is 2.94. The average molecular weight is 354 g/mol. The summed E-state index contributed by atoms with van der Waals surface area (Å²) in [5.41, 5.74) is 1.50. The Bertz CT molecular complexity index is 806. The van der Waals surface area contributed by atoms with Gasteiger partial charge >= 0.3 is 0 Å². The number of rotatable bonds is 6. The Balaban J connectivity index is 1.71. The Kier molecular flexibility index (Phi) is 5.41. The predicted molar refractivity (Wildman–Crippen MR) is 98.3 cm³/mol. The lowest BCUT2D eigenvalue weighted by Gasteiger charge is -2.33. The zero-order valence-electron chi connectivity index (χ0n) is 14.9. The molecular weight excluding hydrogens is 332 g/mol. The van der Waals surface area contributed by atoms with E-state index in [1.165, 1.54) is 4.90 Å². The van der Waals surface area contributed by atoms with Gasteiger partial charge in [0.15, 0.2) is 6.10 Å². The van der Waals surface area contributed by atoms with Gasteiger partial charge in [0, 0.05) is 12.1 Å². The molecule has 1 atom stereocenters. The molecule has 0 saturated heterocycles. The highest BCUT2D eigenvalue weighted by molar-refractivity contribution is 6.03. The fourth-order valence-electron chi connectivity index (χ4n) is 2.94. The zero-order valence-corrected chi connectivity index (χ0v) is 14.9. The number of carbonyl (C=O) groups excluding carboxylic acids is 2. The first-order valence-corrected chi connectivity index (χ1v) is 8.59. The first-order chi connectivity index (χ1) is 12.6. The third-order valence-electron chi connectivity index (χ3n) is 4.31. The summed E-state index contributed by atoms with van der Waals surface area (Å²) in [5, 5.41) is 2.85. The number of nitrogens with zero attached hydrogens (tertiary/aromatic N) is 1. The summed E-state index contributed by atoms with van der Waals surface area (Å²) in [6, 6.07) is 14.8. The first-order valence-electron chi connectivity index (χ1n) is 8.59. The molecule has 3 rings (SSSR count). The van der Waals surface area contributed by atoms with Crippen molar-refractivity contribution in [2.75, 3.05) is 18.6 Å². The van der Waals surface area contributed by atoms with Gasteiger partial charge in [-0.3, -0.25) is 14.5 Å². The molecule has 1 aliphatic rings. The number of ether oxygens (including phenoxy) is 2. The lowest BCUT2D eigenvalue weighted by Crippen LogP contribution is -2.49. The Morgan fingerprint density at radius 2 is 1.92 bits per heavy atom. The second-order valence-electron chi connectivity index (χ2n) is 6.00. The largest absolute Gasteiger partial charge is 0.496 e. The molecule has 1 N–H and O–H groups in total. The molecule has 6 nitrogen and oxygen atoms in total. The van der Waals surface area contributed by atoms with Gasteiger partial charge in [-0.1, -0.05) is 37.3 Å². The SMILES string of the molecule is CC[C@@H]1Oc2ccccc2N(CC(=O)NCc2ccccc2OC)C1=O. The van der Waals surface area contributed by atoms with Crippen molar-refractivity contribution in [1.82, 2.24) is 5.32 Å². The number of carbonyl (C=O) groups is 2. The smallest absolute Gasteiger partial charge is 0.268 e. The lowest BCUT2D eigenvalue weighted by molar-refractivity contribution is -0.129. The van der Waals surface area contributed by atoms with E-state index in [1.807, 2.05) is 49.4 Å². The lowest BCUT2D eigenvalue weighted by atomic mass is 10.1. The Labute approximate surface area is 152 Å². The van der Waals surface area contributed by atoms with Crippen molar-refractivity contribution in [1.29, 1.82) is 0 Å². The molecule has 0 radical (unpaired) electrons. The highest BCUT2D eigenvalue weighted by Gasteiger charge is 2.34. The molecule has 1 heterocycles. The summed E-state index contributed by atoms with van der Waals surface area (Å²) in [7, 11) is 1.59. The molecule has 0 aromatic heterocycles. The monoisotopic (exact) mass is 354 g/mol. The van der Waals surface area contributed by atoms with Crippen molar-refractivity contribution in [3.05, 3.63) is 54.1 Å². The minimum atomic E-state index is -0.563. The number of amides is 2. The van der Waals surface area contributed by atoms with Crippen molar-refractivity contribution >= 4 is 17.5 Å². The molecular formula is C20H22N2O4. The van der Waals surface area contributed by atoms with Crippen molar-refractivity contribution < 1.29 is 19.1 Å². The summed E-state index contributed by atoms with van der Waals surface area (Å²) in [5.74, 6) is 0.901. The van der Waals surface area contributed by atoms with Crippen molar-refractivity contribution in [3.63, 3.8) is 0 Å². The van der Waals surface area contributed by atoms with Gasteiger partial charge in [-0.2, -0.15) is 0 Å². The van der Waals surface area contributed by atoms with Crippen LogP contribution in [0.4, 0.5) is 5.69 Å². The number of anilines is 1. The van der Waals surface area contributed by atoms with E-state index >= 15 is 0 Å². The van der Waals surface area contributed by atoms with Crippen LogP contribution in [0.5, 0.6) is 11.5 Å². The van der Waals surface area contributed by atoms with Gasteiger partial charge in [-0.05, 0) is 24.6 Å². The van der Waals surface area contributed by atoms with Crippen LogP contribution >= 0.6 is 0 Å². The third-order valence-corrected chi connectivity index (χ3v) is 4.31. The normalized spacial score (nSPS) is 15.8. The van der Waals surface area contributed by atoms with Crippen LogP contribution in [0.15, 0.2) is 48.5 Å². The highest BCUT2D eigenvalue weighted by Crippen LogP contribution is 2.34. The highest BCUT2D eigenvalue weighted by atomic mass is 16.5. The van der Waals surface area contributed by atoms with E-state index in [0.717, 1.165) is 5.56 Å². The Morgan fingerprint density at radius 1 is 1.19 bits per heavy atom. The minimum Gasteiger partial charge on any atom is -0.496 e. The van der Waals surface area contributed by atoms with E-state index in [2.05, 4.69) is 5.32 Å². The molecule has 0 spiro atoms. The molecule has 2 amide bonds. The van der Waals surface area contributed by atoms with Gasteiger partial charge in [0.25, 0.3) is 5.91 Å². The number of fused-ring (bicyclic) bond motifs is 1. The molecule has 0 aliphatic carbocycles. The second kappa shape index (κ2) is 7.91. The molecule has 2 aromatic carbocycles. The maximum Gasteiger partial charge on any atom is 0.268 e. The van der Waals surface area contributed by atoms with Crippen LogP contribution in [0.25, 0.3) is 0 Å². The van der Waals surface area contributed by atoms with Crippen LogP contribution in [-0.2, 0) is 16.1 Å². The zero-order chi connectivity index (χ0) is 18.5. The number of hydrogen-bond donors (Lipinski definition) is 1. The molecule has 6 heteroatoms. The van der Waals surface area contributed by atoms with Crippen molar-refractivity contribution in [2.45, 2.75) is 26.0 Å². The number of hydrogen-bond acceptors (Lipinski definition) is 4. The fraction of sp³-hybridized carbons (Fsp3) is 0.300. The van der Waals surface area contributed by atoms with Crippen LogP contribution in [0.2, 0.25) is 0 Å². The Morgan fingerprint density at radius 3 is 2.69 bits per heavy atom. The maximum atomic E-state index is 12.6. The first kappa shape index (κ1) is 17.8. The molecule has 0 bridgehead atoms. The van der Waals surface area contributed by atoms with Gasteiger partial charge in [0.2, 0.25) is 5.91 Å². The second-order valence-corrected chi connectivity index (χ2v) is 6.00. The number of benzene rings is 2. The molecule has 2 aromatic rings. The number of nitrogens with one attached hydrogen (secondary N) is 1. The summed E-state index contributed by atoms with van der Waals surface area (Å²) in [6.07, 6.45) is -0.0149. The van der Waals surface area contributed by atoms with Gasteiger partial charge in [0.05, 0.1) is 12.8 Å². The van der Waals surface area contributed by atoms with Gasteiger partial charge in [-0.15, -0.1) is 0 Å². The number of methoxy groups -OCH3 is 1. The molecule has 0 saturated carbocycles. The molecule has 1 aliphatic heterocycles. The summed E-state index contributed by atoms with van der Waals surface area (Å²) >= 11 is 0. The minimum absolute atomic E-state index is 0.0507. The quantitative estimate of drug-likeness (QED) is 0.866. The maximum absolute atomic E-state index is 12.6. The van der Waals surface area contributed by atoms with Crippen LogP contribution < -0.4 is 19.7 Å². The third kappa shape index (κ3) is 3.64. The molecule has 26 heavy (non-hydrogen) atoms. The van der Waals surface area contributed by atoms with E-state index in [9.17, 15) is 9.59 Å². The summed E-state index contributed by atoms with van der Waals surface area (Å²) < 4.78 is 11.0. The molecule has 0 fully saturated rings. The summed E-state index contributed by atoms with van der Waals surface area (Å²) in [4.78, 5) is 26.6. The molecule has 136 valence electrons. The Hall–Kier alpha value is -3.02. The van der Waals surface area contributed by atoms with Crippen LogP contribution in [0.3, 0.4) is 0 Å². The topological polar surface area (TPSA) is 67.9 Å². The van der Waals surface area contributed by atoms with Crippen LogP contribution in [0, 0.1) is 0 Å². The van der Waals surface area contributed by atoms with Crippen LogP contribution in [0.1, 0.15) is 18.9 Å². The van der Waals surface area contributed by atoms with Gasteiger partial charge < -0.3 is 14.8 Å². The van der Waals surface area contributed by atoms with E-state index < -0.39 is 6.10 Å². The average Bonchev–Trinajstić information content (AvgIpc) is 2.68. The predicted octanol–water partition coefficient (Wildman–Crippen LogP) is 2.52.